The van der Waals surface area contributed by atoms with Gasteiger partial charge in [-0.1, -0.05) is 0 Å². The molecule has 0 aliphatic heterocycles. The summed E-state index contributed by atoms with van der Waals surface area (Å²) < 4.78 is 29.4. The van der Waals surface area contributed by atoms with Gasteiger partial charge in [-0.25, -0.2) is 0 Å². The second-order valence-electron chi connectivity index (χ2n) is 2.02. The van der Waals surface area contributed by atoms with E-state index in [0.29, 0.717) is 6.20 Å². The van der Waals surface area contributed by atoms with Crippen molar-refractivity contribution >= 4 is 10.1 Å². The molecule has 0 aliphatic rings. The number of hydrogen-bond acceptors (Lipinski definition) is 4. The minimum absolute atomic E-state index is 0.0725. The molecule has 2 N–H and O–H groups in total. The van der Waals surface area contributed by atoms with Crippen LogP contribution in [0.5, 0.6) is 0 Å². The molecule has 0 aliphatic carbocycles. The molecule has 0 saturated heterocycles. The largest absolute Gasteiger partial charge is 0.425 e. The summed E-state index contributed by atoms with van der Waals surface area (Å²) in [6.07, 6.45) is 0.609. The quantitative estimate of drug-likeness (QED) is 0.453. The van der Waals surface area contributed by atoms with Crippen molar-refractivity contribution < 1.29 is 18.2 Å². The molecule has 0 fully saturated rings. The molecule has 66 valence electrons. The monoisotopic (exact) mass is 191 g/mol. The van der Waals surface area contributed by atoms with Crippen molar-refractivity contribution in [2.24, 2.45) is 0 Å². The van der Waals surface area contributed by atoms with Crippen molar-refractivity contribution in [1.29, 1.82) is 0 Å². The van der Waals surface area contributed by atoms with Gasteiger partial charge in [0.05, 0.1) is 6.20 Å². The van der Waals surface area contributed by atoms with Gasteiger partial charge in [0.2, 0.25) is 0 Å². The zero-order chi connectivity index (χ0) is 9.35. The maximum absolute atomic E-state index is 10.5. The van der Waals surface area contributed by atoms with Crippen LogP contribution in [0.4, 0.5) is 0 Å². The number of aromatic nitrogens is 1. The summed E-state index contributed by atoms with van der Waals surface area (Å²) >= 11 is 0. The van der Waals surface area contributed by atoms with Crippen molar-refractivity contribution in [2.75, 3.05) is 0 Å². The Morgan fingerprint density at radius 2 is 1.92 bits per heavy atom. The fraction of sp³-hybridized carbons (Fsp3) is 0. The van der Waals surface area contributed by atoms with Gasteiger partial charge in [-0.15, -0.1) is 0 Å². The lowest BCUT2D eigenvalue weighted by molar-refractivity contribution is 0.172. The first-order chi connectivity index (χ1) is 5.41. The standard InChI is InChI=1S/C5H5NO5S/c7-5-2-1-4(3-6(5)8)12(9,10)11/h1-3,8H,(H,9,10,11). The van der Waals surface area contributed by atoms with Crippen LogP contribution < -0.4 is 5.56 Å². The van der Waals surface area contributed by atoms with E-state index < -0.39 is 20.6 Å². The summed E-state index contributed by atoms with van der Waals surface area (Å²) in [4.78, 5) is 10.00. The van der Waals surface area contributed by atoms with E-state index in [2.05, 4.69) is 0 Å². The molecule has 0 unspecified atom stereocenters. The minimum atomic E-state index is -4.36. The lowest BCUT2D eigenvalue weighted by Gasteiger charge is -1.97. The molecule has 0 amide bonds. The number of rotatable bonds is 1. The highest BCUT2D eigenvalue weighted by atomic mass is 32.2. The van der Waals surface area contributed by atoms with E-state index in [1.54, 1.807) is 0 Å². The lowest BCUT2D eigenvalue weighted by atomic mass is 10.5. The molecule has 1 heterocycles. The summed E-state index contributed by atoms with van der Waals surface area (Å²) in [6, 6.07) is 1.72. The molecular weight excluding hydrogens is 186 g/mol. The highest BCUT2D eigenvalue weighted by molar-refractivity contribution is 7.85. The lowest BCUT2D eigenvalue weighted by Crippen LogP contribution is -2.17. The van der Waals surface area contributed by atoms with Crippen molar-refractivity contribution in [3.63, 3.8) is 0 Å². The topological polar surface area (TPSA) is 96.6 Å². The van der Waals surface area contributed by atoms with Crippen LogP contribution in [0, 0.1) is 0 Å². The number of hydrogen-bond donors (Lipinski definition) is 2. The van der Waals surface area contributed by atoms with E-state index in [4.69, 9.17) is 9.76 Å². The Morgan fingerprint density at radius 1 is 1.33 bits per heavy atom. The zero-order valence-electron chi connectivity index (χ0n) is 5.71. The molecule has 7 heteroatoms. The normalized spacial score (nSPS) is 11.4. The smallest absolute Gasteiger partial charge is 0.296 e. The molecule has 0 radical (unpaired) electrons. The van der Waals surface area contributed by atoms with E-state index in [9.17, 15) is 13.2 Å². The van der Waals surface area contributed by atoms with Crippen LogP contribution in [0.1, 0.15) is 0 Å². The van der Waals surface area contributed by atoms with E-state index in [-0.39, 0.29) is 4.73 Å². The molecule has 6 nitrogen and oxygen atoms in total. The first-order valence-electron chi connectivity index (χ1n) is 2.81. The average Bonchev–Trinajstić information content (AvgIpc) is 1.92. The van der Waals surface area contributed by atoms with Gasteiger partial charge in [0.15, 0.2) is 0 Å². The summed E-state index contributed by atoms with van der Waals surface area (Å²) in [6.45, 7) is 0. The second kappa shape index (κ2) is 2.61. The average molecular weight is 191 g/mol. The highest BCUT2D eigenvalue weighted by Crippen LogP contribution is 2.02. The Morgan fingerprint density at radius 3 is 2.33 bits per heavy atom. The van der Waals surface area contributed by atoms with Gasteiger partial charge in [-0.05, 0) is 6.07 Å². The molecule has 12 heavy (non-hydrogen) atoms. The second-order valence-corrected chi connectivity index (χ2v) is 3.44. The van der Waals surface area contributed by atoms with Crippen molar-refractivity contribution in [1.82, 2.24) is 4.73 Å². The first-order valence-corrected chi connectivity index (χ1v) is 4.25. The predicted octanol–water partition coefficient (Wildman–Crippen LogP) is -0.668. The Labute approximate surface area is 67.4 Å². The van der Waals surface area contributed by atoms with Crippen LogP contribution in [-0.2, 0) is 10.1 Å². The van der Waals surface area contributed by atoms with Crippen LogP contribution in [0.3, 0.4) is 0 Å². The Bertz CT molecular complexity index is 445. The van der Waals surface area contributed by atoms with Gasteiger partial charge >= 0.3 is 0 Å². The third-order valence-electron chi connectivity index (χ3n) is 1.16. The maximum atomic E-state index is 10.5. The number of nitrogens with zero attached hydrogens (tertiary/aromatic N) is 1. The molecule has 1 aromatic rings. The van der Waals surface area contributed by atoms with E-state index in [1.165, 1.54) is 0 Å². The van der Waals surface area contributed by atoms with Crippen LogP contribution >= 0.6 is 0 Å². The van der Waals surface area contributed by atoms with Gasteiger partial charge in [0, 0.05) is 6.07 Å². The molecule has 1 rings (SSSR count). The summed E-state index contributed by atoms with van der Waals surface area (Å²) in [5.74, 6) is 0. The van der Waals surface area contributed by atoms with Gasteiger partial charge in [0.25, 0.3) is 15.7 Å². The minimum Gasteiger partial charge on any atom is -0.425 e. The van der Waals surface area contributed by atoms with Gasteiger partial charge in [0.1, 0.15) is 4.90 Å². The SMILES string of the molecule is O=c1ccc(S(=O)(=O)O)cn1O. The van der Waals surface area contributed by atoms with Crippen LogP contribution in [-0.4, -0.2) is 22.9 Å². The van der Waals surface area contributed by atoms with Gasteiger partial charge in [-0.3, -0.25) is 9.35 Å². The van der Waals surface area contributed by atoms with Gasteiger partial charge < -0.3 is 5.21 Å². The van der Waals surface area contributed by atoms with E-state index >= 15 is 0 Å². The van der Waals surface area contributed by atoms with Crippen molar-refractivity contribution in [3.05, 3.63) is 28.7 Å². The molecular formula is C5H5NO5S. The third kappa shape index (κ3) is 1.63. The Balaban J connectivity index is 3.43. The number of pyridine rings is 1. The third-order valence-corrected chi connectivity index (χ3v) is 2.00. The van der Waals surface area contributed by atoms with Crippen LogP contribution in [0.2, 0.25) is 0 Å². The molecule has 0 spiro atoms. The molecule has 0 aromatic carbocycles. The molecule has 0 atom stereocenters. The summed E-state index contributed by atoms with van der Waals surface area (Å²) in [7, 11) is -4.36. The van der Waals surface area contributed by atoms with Crippen LogP contribution in [0.25, 0.3) is 0 Å². The van der Waals surface area contributed by atoms with Crippen molar-refractivity contribution in [2.45, 2.75) is 4.90 Å². The fourth-order valence-corrected chi connectivity index (χ4v) is 1.08. The summed E-state index contributed by atoms with van der Waals surface area (Å²) in [5, 5.41) is 8.69. The van der Waals surface area contributed by atoms with Crippen LogP contribution in [0.15, 0.2) is 28.0 Å². The molecule has 0 saturated carbocycles. The van der Waals surface area contributed by atoms with Gasteiger partial charge in [-0.2, -0.15) is 13.1 Å². The fourth-order valence-electron chi connectivity index (χ4n) is 0.610. The van der Waals surface area contributed by atoms with Crippen molar-refractivity contribution in [3.8, 4) is 0 Å². The first kappa shape index (κ1) is 8.75. The van der Waals surface area contributed by atoms with E-state index in [1.807, 2.05) is 0 Å². The Hall–Kier alpha value is -1.34. The maximum Gasteiger partial charge on any atom is 0.296 e. The van der Waals surface area contributed by atoms with E-state index in [0.717, 1.165) is 12.1 Å². The predicted molar refractivity (Wildman–Crippen MR) is 37.7 cm³/mol. The molecule has 0 bridgehead atoms. The Kier molecular flexibility index (Phi) is 1.90. The summed E-state index contributed by atoms with van der Waals surface area (Å²) in [5.41, 5.74) is -0.776. The molecule has 1 aromatic heterocycles. The highest BCUT2D eigenvalue weighted by Gasteiger charge is 2.10. The zero-order valence-corrected chi connectivity index (χ0v) is 6.52.